The van der Waals surface area contributed by atoms with E-state index in [2.05, 4.69) is 19.9 Å². The van der Waals surface area contributed by atoms with E-state index in [0.29, 0.717) is 18.3 Å². The molecule has 4 heteroatoms. The Morgan fingerprint density at radius 3 is 2.55 bits per heavy atom. The number of hydrogen-bond acceptors (Lipinski definition) is 3. The second-order valence-corrected chi connectivity index (χ2v) is 6.66. The van der Waals surface area contributed by atoms with Gasteiger partial charge in [0.05, 0.1) is 17.6 Å². The van der Waals surface area contributed by atoms with Crippen molar-refractivity contribution >= 4 is 17.7 Å². The molecule has 0 saturated carbocycles. The fraction of sp³-hybridized carbons (Fsp3) is 0.500. The minimum atomic E-state index is -0.149. The molecule has 0 aliphatic heterocycles. The third-order valence-corrected chi connectivity index (χ3v) is 3.95. The van der Waals surface area contributed by atoms with Crippen molar-refractivity contribution in [2.24, 2.45) is 5.92 Å². The molecule has 1 aromatic carbocycles. The predicted molar refractivity (Wildman–Crippen MR) is 83.8 cm³/mol. The van der Waals surface area contributed by atoms with Gasteiger partial charge in [-0.25, -0.2) is 0 Å². The summed E-state index contributed by atoms with van der Waals surface area (Å²) >= 11 is 1.69. The number of thioether (sulfide) groups is 1. The summed E-state index contributed by atoms with van der Waals surface area (Å²) in [6, 6.07) is 9.88. The molecule has 0 fully saturated rings. The normalized spacial score (nSPS) is 12.0. The minimum absolute atomic E-state index is 0.0124. The van der Waals surface area contributed by atoms with Crippen LogP contribution in [0.2, 0.25) is 0 Å². The molecule has 0 N–H and O–H groups in total. The van der Waals surface area contributed by atoms with E-state index in [1.54, 1.807) is 16.7 Å². The van der Waals surface area contributed by atoms with Crippen LogP contribution in [0.15, 0.2) is 29.2 Å². The molecule has 1 amide bonds. The van der Waals surface area contributed by atoms with Crippen LogP contribution in [0.5, 0.6) is 0 Å². The monoisotopic (exact) mass is 290 g/mol. The van der Waals surface area contributed by atoms with Gasteiger partial charge in [-0.3, -0.25) is 4.79 Å². The number of hydrogen-bond donors (Lipinski definition) is 0. The lowest BCUT2D eigenvalue weighted by molar-refractivity contribution is 0.0749. The lowest BCUT2D eigenvalue weighted by atomic mass is 10.1. The molecule has 0 heterocycles. The van der Waals surface area contributed by atoms with E-state index in [1.165, 1.54) is 0 Å². The smallest absolute Gasteiger partial charge is 0.255 e. The van der Waals surface area contributed by atoms with E-state index < -0.39 is 0 Å². The second kappa shape index (κ2) is 7.96. The summed E-state index contributed by atoms with van der Waals surface area (Å²) in [7, 11) is 0. The second-order valence-electron chi connectivity index (χ2n) is 5.04. The molecule has 0 aliphatic carbocycles. The summed E-state index contributed by atoms with van der Waals surface area (Å²) < 4.78 is 0. The van der Waals surface area contributed by atoms with Crippen LogP contribution in [-0.2, 0) is 0 Å². The summed E-state index contributed by atoms with van der Waals surface area (Å²) in [5.74, 6) is -0.137. The first-order valence-electron chi connectivity index (χ1n) is 6.94. The number of carbonyl (C=O) groups excluding carboxylic acids is 1. The highest BCUT2D eigenvalue weighted by Crippen LogP contribution is 2.27. The van der Waals surface area contributed by atoms with Gasteiger partial charge >= 0.3 is 0 Å². The zero-order valence-corrected chi connectivity index (χ0v) is 13.4. The molecule has 1 aromatic rings. The molecule has 20 heavy (non-hydrogen) atoms. The fourth-order valence-corrected chi connectivity index (χ4v) is 2.84. The van der Waals surface area contributed by atoms with Crippen LogP contribution in [-0.4, -0.2) is 29.1 Å². The summed E-state index contributed by atoms with van der Waals surface area (Å²) in [6.45, 7) is 9.10. The first-order chi connectivity index (χ1) is 9.49. The lowest BCUT2D eigenvalue weighted by Gasteiger charge is -2.23. The molecular formula is C16H22N2OS. The summed E-state index contributed by atoms with van der Waals surface area (Å²) in [6.07, 6.45) is 0. The Labute approximate surface area is 126 Å². The van der Waals surface area contributed by atoms with Gasteiger partial charge in [0.2, 0.25) is 0 Å². The van der Waals surface area contributed by atoms with Crippen LogP contribution < -0.4 is 0 Å². The van der Waals surface area contributed by atoms with Crippen molar-refractivity contribution in [1.82, 2.24) is 4.90 Å². The molecular weight excluding hydrogens is 268 g/mol. The Hall–Kier alpha value is -1.47. The molecule has 0 aliphatic rings. The van der Waals surface area contributed by atoms with Crippen LogP contribution in [0, 0.1) is 17.2 Å². The molecule has 0 unspecified atom stereocenters. The van der Waals surface area contributed by atoms with E-state index in [-0.39, 0.29) is 11.8 Å². The SMILES string of the molecule is CCN(C[C@H](C)C#N)C(=O)c1ccccc1SC(C)C. The maximum atomic E-state index is 12.6. The Morgan fingerprint density at radius 2 is 2.00 bits per heavy atom. The number of benzene rings is 1. The van der Waals surface area contributed by atoms with Crippen LogP contribution in [0.4, 0.5) is 0 Å². The van der Waals surface area contributed by atoms with Crippen molar-refractivity contribution < 1.29 is 4.79 Å². The molecule has 0 spiro atoms. The van der Waals surface area contributed by atoms with Crippen molar-refractivity contribution in [2.45, 2.75) is 37.8 Å². The van der Waals surface area contributed by atoms with E-state index >= 15 is 0 Å². The Kier molecular flexibility index (Phi) is 6.60. The summed E-state index contributed by atoms with van der Waals surface area (Å²) in [5, 5.41) is 9.34. The van der Waals surface area contributed by atoms with Gasteiger partial charge in [-0.1, -0.05) is 26.0 Å². The molecule has 0 saturated heterocycles. The summed E-state index contributed by atoms with van der Waals surface area (Å²) in [5.41, 5.74) is 0.734. The third-order valence-electron chi connectivity index (χ3n) is 2.86. The van der Waals surface area contributed by atoms with Crippen LogP contribution >= 0.6 is 11.8 Å². The van der Waals surface area contributed by atoms with Gasteiger partial charge in [0, 0.05) is 23.2 Å². The van der Waals surface area contributed by atoms with Gasteiger partial charge in [0.15, 0.2) is 0 Å². The van der Waals surface area contributed by atoms with E-state index in [1.807, 2.05) is 38.1 Å². The lowest BCUT2D eigenvalue weighted by Crippen LogP contribution is -2.34. The average Bonchev–Trinajstić information content (AvgIpc) is 2.43. The number of amides is 1. The standard InChI is InChI=1S/C16H22N2OS/c1-5-18(11-13(4)10-17)16(19)14-8-6-7-9-15(14)20-12(2)3/h6-9,12-13H,5,11H2,1-4H3/t13-/m1/s1. The van der Waals surface area contributed by atoms with Gasteiger partial charge in [0.25, 0.3) is 5.91 Å². The highest BCUT2D eigenvalue weighted by molar-refractivity contribution is 8.00. The average molecular weight is 290 g/mol. The van der Waals surface area contributed by atoms with E-state index in [0.717, 1.165) is 10.5 Å². The largest absolute Gasteiger partial charge is 0.338 e. The Balaban J connectivity index is 2.98. The van der Waals surface area contributed by atoms with E-state index in [4.69, 9.17) is 5.26 Å². The third kappa shape index (κ3) is 4.57. The maximum absolute atomic E-state index is 12.6. The number of nitrogens with zero attached hydrogens (tertiary/aromatic N) is 2. The Bertz CT molecular complexity index is 493. The zero-order valence-electron chi connectivity index (χ0n) is 12.6. The molecule has 3 nitrogen and oxygen atoms in total. The summed E-state index contributed by atoms with van der Waals surface area (Å²) in [4.78, 5) is 15.4. The van der Waals surface area contributed by atoms with Crippen LogP contribution in [0.3, 0.4) is 0 Å². The highest BCUT2D eigenvalue weighted by Gasteiger charge is 2.19. The molecule has 0 aromatic heterocycles. The number of carbonyl (C=O) groups is 1. The van der Waals surface area contributed by atoms with Crippen molar-refractivity contribution in [1.29, 1.82) is 5.26 Å². The first kappa shape index (κ1) is 16.6. The van der Waals surface area contributed by atoms with Gasteiger partial charge in [-0.2, -0.15) is 5.26 Å². The van der Waals surface area contributed by atoms with Crippen molar-refractivity contribution in [3.63, 3.8) is 0 Å². The van der Waals surface area contributed by atoms with Crippen LogP contribution in [0.1, 0.15) is 38.1 Å². The zero-order chi connectivity index (χ0) is 15.1. The fourth-order valence-electron chi connectivity index (χ4n) is 1.90. The molecule has 1 atom stereocenters. The highest BCUT2D eigenvalue weighted by atomic mass is 32.2. The van der Waals surface area contributed by atoms with Gasteiger partial charge in [-0.15, -0.1) is 11.8 Å². The molecule has 108 valence electrons. The minimum Gasteiger partial charge on any atom is -0.338 e. The van der Waals surface area contributed by atoms with Gasteiger partial charge < -0.3 is 4.90 Å². The predicted octanol–water partition coefficient (Wildman–Crippen LogP) is 3.81. The van der Waals surface area contributed by atoms with E-state index in [9.17, 15) is 4.79 Å². The molecule has 0 radical (unpaired) electrons. The van der Waals surface area contributed by atoms with Gasteiger partial charge in [-0.05, 0) is 26.0 Å². The quantitative estimate of drug-likeness (QED) is 0.748. The number of nitriles is 1. The van der Waals surface area contributed by atoms with Crippen molar-refractivity contribution in [3.05, 3.63) is 29.8 Å². The molecule has 0 bridgehead atoms. The number of rotatable bonds is 6. The molecule has 1 rings (SSSR count). The van der Waals surface area contributed by atoms with Crippen molar-refractivity contribution in [2.75, 3.05) is 13.1 Å². The topological polar surface area (TPSA) is 44.1 Å². The Morgan fingerprint density at radius 1 is 1.35 bits per heavy atom. The van der Waals surface area contributed by atoms with Crippen LogP contribution in [0.25, 0.3) is 0 Å². The maximum Gasteiger partial charge on any atom is 0.255 e. The van der Waals surface area contributed by atoms with Gasteiger partial charge in [0.1, 0.15) is 0 Å². The first-order valence-corrected chi connectivity index (χ1v) is 7.82. The van der Waals surface area contributed by atoms with Crippen molar-refractivity contribution in [3.8, 4) is 6.07 Å².